The van der Waals surface area contributed by atoms with E-state index >= 15 is 0 Å². The molecule has 19 heavy (non-hydrogen) atoms. The van der Waals surface area contributed by atoms with Crippen molar-refractivity contribution in [3.8, 4) is 5.75 Å². The van der Waals surface area contributed by atoms with Crippen LogP contribution in [0.1, 0.15) is 0 Å². The lowest BCUT2D eigenvalue weighted by Crippen LogP contribution is -2.60. The molecule has 0 spiro atoms. The Hall–Kier alpha value is -0.700. The minimum absolute atomic E-state index is 0.423. The zero-order valence-corrected chi connectivity index (χ0v) is 11.5. The molecule has 5 atom stereocenters. The summed E-state index contributed by atoms with van der Waals surface area (Å²) in [7, 11) is 0. The van der Waals surface area contributed by atoms with Crippen molar-refractivity contribution in [3.05, 3.63) is 28.7 Å². The van der Waals surface area contributed by atoms with Crippen molar-refractivity contribution < 1.29 is 29.9 Å². The highest BCUT2D eigenvalue weighted by atomic mass is 79.9. The molecule has 1 aromatic rings. The van der Waals surface area contributed by atoms with Crippen molar-refractivity contribution in [2.45, 2.75) is 30.7 Å². The van der Waals surface area contributed by atoms with E-state index in [0.29, 0.717) is 10.2 Å². The average molecular weight is 335 g/mol. The molecule has 1 aromatic carbocycles. The van der Waals surface area contributed by atoms with Crippen LogP contribution in [0.2, 0.25) is 0 Å². The van der Waals surface area contributed by atoms with Crippen molar-refractivity contribution in [2.75, 3.05) is 6.61 Å². The van der Waals surface area contributed by atoms with Crippen molar-refractivity contribution in [3.63, 3.8) is 0 Å². The van der Waals surface area contributed by atoms with Gasteiger partial charge in [-0.2, -0.15) is 0 Å². The van der Waals surface area contributed by atoms with Gasteiger partial charge in [0.2, 0.25) is 6.29 Å². The lowest BCUT2D eigenvalue weighted by Gasteiger charge is -2.39. The molecule has 0 aliphatic carbocycles. The second-order valence-electron chi connectivity index (χ2n) is 4.25. The molecular weight excluding hydrogens is 320 g/mol. The van der Waals surface area contributed by atoms with Gasteiger partial charge in [-0.3, -0.25) is 0 Å². The summed E-state index contributed by atoms with van der Waals surface area (Å²) in [5.74, 6) is 0.423. The monoisotopic (exact) mass is 334 g/mol. The molecule has 2 unspecified atom stereocenters. The fourth-order valence-electron chi connectivity index (χ4n) is 1.83. The predicted molar refractivity (Wildman–Crippen MR) is 68.5 cm³/mol. The number of hydrogen-bond acceptors (Lipinski definition) is 6. The van der Waals surface area contributed by atoms with Crippen LogP contribution in [0.25, 0.3) is 0 Å². The summed E-state index contributed by atoms with van der Waals surface area (Å²) in [5.41, 5.74) is 0. The van der Waals surface area contributed by atoms with E-state index in [-0.39, 0.29) is 0 Å². The summed E-state index contributed by atoms with van der Waals surface area (Å²) in [6.45, 7) is -0.485. The minimum Gasteiger partial charge on any atom is -0.461 e. The van der Waals surface area contributed by atoms with E-state index in [0.717, 1.165) is 0 Å². The van der Waals surface area contributed by atoms with Gasteiger partial charge in [-0.15, -0.1) is 0 Å². The molecule has 0 aromatic heterocycles. The predicted octanol–water partition coefficient (Wildman–Crippen LogP) is -0.372. The first-order chi connectivity index (χ1) is 9.04. The summed E-state index contributed by atoms with van der Waals surface area (Å²) in [6.07, 6.45) is -6.40. The van der Waals surface area contributed by atoms with Crippen molar-refractivity contribution in [1.82, 2.24) is 0 Å². The fraction of sp³-hybridized carbons (Fsp3) is 0.500. The molecule has 7 heteroatoms. The van der Waals surface area contributed by atoms with Crippen LogP contribution in [-0.4, -0.2) is 57.7 Å². The van der Waals surface area contributed by atoms with E-state index in [9.17, 15) is 15.3 Å². The second-order valence-corrected chi connectivity index (χ2v) is 5.10. The maximum Gasteiger partial charge on any atom is 0.229 e. The Kier molecular flexibility index (Phi) is 4.77. The molecule has 1 saturated heterocycles. The van der Waals surface area contributed by atoms with Gasteiger partial charge in [0.15, 0.2) is 0 Å². The largest absolute Gasteiger partial charge is 0.461 e. The highest BCUT2D eigenvalue weighted by Crippen LogP contribution is 2.29. The molecule has 0 radical (unpaired) electrons. The molecule has 2 rings (SSSR count). The van der Waals surface area contributed by atoms with Crippen LogP contribution < -0.4 is 4.74 Å². The summed E-state index contributed by atoms with van der Waals surface area (Å²) >= 11 is 3.28. The number of aliphatic hydroxyl groups excluding tert-OH is 4. The van der Waals surface area contributed by atoms with Crippen LogP contribution in [0.4, 0.5) is 0 Å². The normalized spacial score (nSPS) is 35.1. The maximum atomic E-state index is 9.82. The van der Waals surface area contributed by atoms with E-state index < -0.39 is 37.3 Å². The Labute approximate surface area is 118 Å². The summed E-state index contributed by atoms with van der Waals surface area (Å²) < 4.78 is 11.3. The Morgan fingerprint density at radius 3 is 2.42 bits per heavy atom. The number of aliphatic hydroxyl groups is 4. The third-order valence-corrected chi connectivity index (χ3v) is 3.58. The Balaban J connectivity index is 2.13. The first-order valence-electron chi connectivity index (χ1n) is 5.76. The quantitative estimate of drug-likeness (QED) is 0.602. The SMILES string of the molecule is OCC1O[C@@H](Oc2ccccc2Br)C(O)[C@@H](O)[C@@H]1O. The maximum absolute atomic E-state index is 9.82. The molecule has 1 aliphatic rings. The molecule has 6 nitrogen and oxygen atoms in total. The first-order valence-corrected chi connectivity index (χ1v) is 6.55. The lowest BCUT2D eigenvalue weighted by atomic mass is 9.99. The van der Waals surface area contributed by atoms with Crippen molar-refractivity contribution in [2.24, 2.45) is 0 Å². The molecule has 1 heterocycles. The van der Waals surface area contributed by atoms with Gasteiger partial charge < -0.3 is 29.9 Å². The van der Waals surface area contributed by atoms with E-state index in [1.54, 1.807) is 24.3 Å². The summed E-state index contributed by atoms with van der Waals surface area (Å²) in [6, 6.07) is 6.94. The summed E-state index contributed by atoms with van der Waals surface area (Å²) in [4.78, 5) is 0. The van der Waals surface area contributed by atoms with Crippen LogP contribution in [0, 0.1) is 0 Å². The van der Waals surface area contributed by atoms with Gasteiger partial charge in [-0.25, -0.2) is 0 Å². The Bertz CT molecular complexity index is 426. The Morgan fingerprint density at radius 2 is 1.79 bits per heavy atom. The van der Waals surface area contributed by atoms with Gasteiger partial charge in [-0.1, -0.05) is 12.1 Å². The summed E-state index contributed by atoms with van der Waals surface area (Å²) in [5, 5.41) is 38.1. The molecule has 1 fully saturated rings. The van der Waals surface area contributed by atoms with Gasteiger partial charge in [0.1, 0.15) is 30.2 Å². The number of rotatable bonds is 3. The van der Waals surface area contributed by atoms with Crippen LogP contribution in [-0.2, 0) is 4.74 Å². The average Bonchev–Trinajstić information content (AvgIpc) is 2.41. The van der Waals surface area contributed by atoms with Gasteiger partial charge >= 0.3 is 0 Å². The van der Waals surface area contributed by atoms with Gasteiger partial charge in [0.25, 0.3) is 0 Å². The van der Waals surface area contributed by atoms with E-state index in [2.05, 4.69) is 15.9 Å². The molecule has 1 aliphatic heterocycles. The molecule has 0 saturated carbocycles. The number of para-hydroxylation sites is 1. The van der Waals surface area contributed by atoms with Crippen LogP contribution in [0.3, 0.4) is 0 Å². The van der Waals surface area contributed by atoms with E-state index in [4.69, 9.17) is 14.6 Å². The second kappa shape index (κ2) is 6.17. The van der Waals surface area contributed by atoms with Crippen LogP contribution >= 0.6 is 15.9 Å². The third kappa shape index (κ3) is 3.07. The number of halogens is 1. The van der Waals surface area contributed by atoms with Gasteiger partial charge in [0.05, 0.1) is 11.1 Å². The number of ether oxygens (including phenoxy) is 2. The minimum atomic E-state index is -1.45. The zero-order valence-electron chi connectivity index (χ0n) is 9.89. The highest BCUT2D eigenvalue weighted by molar-refractivity contribution is 9.10. The molecule has 4 N–H and O–H groups in total. The van der Waals surface area contributed by atoms with E-state index in [1.807, 2.05) is 0 Å². The molecule has 0 bridgehead atoms. The van der Waals surface area contributed by atoms with Crippen molar-refractivity contribution >= 4 is 15.9 Å². The lowest BCUT2D eigenvalue weighted by molar-refractivity contribution is -0.277. The Morgan fingerprint density at radius 1 is 1.11 bits per heavy atom. The first kappa shape index (κ1) is 14.7. The van der Waals surface area contributed by atoms with Gasteiger partial charge in [0, 0.05) is 0 Å². The van der Waals surface area contributed by atoms with Crippen molar-refractivity contribution in [1.29, 1.82) is 0 Å². The molecule has 0 amide bonds. The highest BCUT2D eigenvalue weighted by Gasteiger charge is 2.44. The standard InChI is InChI=1S/C12H15BrO6/c13-6-3-1-2-4-7(6)18-12-11(17)10(16)9(15)8(5-14)19-12/h1-4,8-12,14-17H,5H2/t8?,9-,10+,11?,12-/m1/s1. The van der Waals surface area contributed by atoms with Crippen LogP contribution in [0.5, 0.6) is 5.75 Å². The molecular formula is C12H15BrO6. The van der Waals surface area contributed by atoms with Gasteiger partial charge in [-0.05, 0) is 28.1 Å². The zero-order chi connectivity index (χ0) is 14.0. The fourth-order valence-corrected chi connectivity index (χ4v) is 2.21. The number of hydrogen-bond donors (Lipinski definition) is 4. The van der Waals surface area contributed by atoms with Crippen LogP contribution in [0.15, 0.2) is 28.7 Å². The molecule has 106 valence electrons. The van der Waals surface area contributed by atoms with E-state index in [1.165, 1.54) is 0 Å². The number of benzene rings is 1. The third-order valence-electron chi connectivity index (χ3n) is 2.93. The smallest absolute Gasteiger partial charge is 0.229 e. The topological polar surface area (TPSA) is 99.4 Å².